The maximum absolute atomic E-state index is 5.53. The van der Waals surface area contributed by atoms with Crippen LogP contribution in [0.2, 0.25) is 0 Å². The van der Waals surface area contributed by atoms with Crippen molar-refractivity contribution in [2.24, 2.45) is 0 Å². The molecule has 3 heteroatoms. The standard InChI is InChI=1S/C12H15N3/c1-8-3-4-10(9(2)5-8)6-11-7-14-12(13)15-11/h3-5,7H,6H2,1-2H3,(H3,13,14,15). The third kappa shape index (κ3) is 2.18. The van der Waals surface area contributed by atoms with E-state index < -0.39 is 0 Å². The third-order valence-corrected chi connectivity index (χ3v) is 2.53. The van der Waals surface area contributed by atoms with Gasteiger partial charge in [0.2, 0.25) is 0 Å². The van der Waals surface area contributed by atoms with E-state index >= 15 is 0 Å². The largest absolute Gasteiger partial charge is 0.369 e. The molecule has 0 atom stereocenters. The third-order valence-electron chi connectivity index (χ3n) is 2.53. The van der Waals surface area contributed by atoms with Crippen molar-refractivity contribution in [3.63, 3.8) is 0 Å². The van der Waals surface area contributed by atoms with E-state index in [-0.39, 0.29) is 0 Å². The average molecular weight is 201 g/mol. The van der Waals surface area contributed by atoms with E-state index in [1.54, 1.807) is 6.20 Å². The smallest absolute Gasteiger partial charge is 0.197 e. The molecule has 0 radical (unpaired) electrons. The zero-order chi connectivity index (χ0) is 10.8. The molecule has 15 heavy (non-hydrogen) atoms. The van der Waals surface area contributed by atoms with Crippen LogP contribution in [-0.4, -0.2) is 9.97 Å². The number of benzene rings is 1. The van der Waals surface area contributed by atoms with Crippen LogP contribution in [0.5, 0.6) is 0 Å². The number of H-pyrrole nitrogens is 1. The predicted octanol–water partition coefficient (Wildman–Crippen LogP) is 2.20. The number of imidazole rings is 1. The van der Waals surface area contributed by atoms with Crippen molar-refractivity contribution in [1.82, 2.24) is 9.97 Å². The Morgan fingerprint density at radius 1 is 1.33 bits per heavy atom. The molecule has 0 aliphatic carbocycles. The fraction of sp³-hybridized carbons (Fsp3) is 0.250. The molecule has 1 aromatic carbocycles. The summed E-state index contributed by atoms with van der Waals surface area (Å²) in [6.07, 6.45) is 2.64. The Morgan fingerprint density at radius 3 is 2.73 bits per heavy atom. The summed E-state index contributed by atoms with van der Waals surface area (Å²) in [5.41, 5.74) is 10.5. The number of nitrogens with one attached hydrogen (secondary N) is 1. The van der Waals surface area contributed by atoms with Gasteiger partial charge in [0, 0.05) is 12.1 Å². The number of nitrogens with two attached hydrogens (primary N) is 1. The van der Waals surface area contributed by atoms with Gasteiger partial charge in [0.05, 0.1) is 6.20 Å². The van der Waals surface area contributed by atoms with Crippen molar-refractivity contribution in [2.45, 2.75) is 20.3 Å². The van der Waals surface area contributed by atoms with E-state index in [2.05, 4.69) is 42.0 Å². The molecule has 0 aliphatic heterocycles. The molecule has 2 rings (SSSR count). The van der Waals surface area contributed by atoms with Crippen LogP contribution in [0, 0.1) is 13.8 Å². The Labute approximate surface area is 89.4 Å². The van der Waals surface area contributed by atoms with E-state index in [1.807, 2.05) is 0 Å². The zero-order valence-electron chi connectivity index (χ0n) is 9.04. The van der Waals surface area contributed by atoms with Crippen molar-refractivity contribution in [3.05, 3.63) is 46.8 Å². The quantitative estimate of drug-likeness (QED) is 0.782. The first-order valence-electron chi connectivity index (χ1n) is 5.00. The lowest BCUT2D eigenvalue weighted by atomic mass is 10.0. The molecular formula is C12H15N3. The van der Waals surface area contributed by atoms with Gasteiger partial charge in [-0.15, -0.1) is 0 Å². The number of hydrogen-bond donors (Lipinski definition) is 2. The van der Waals surface area contributed by atoms with E-state index in [9.17, 15) is 0 Å². The summed E-state index contributed by atoms with van der Waals surface area (Å²) in [4.78, 5) is 7.02. The molecule has 2 aromatic rings. The number of nitrogen functional groups attached to an aromatic ring is 1. The number of nitrogens with zero attached hydrogens (tertiary/aromatic N) is 1. The minimum absolute atomic E-state index is 0.481. The first-order chi connectivity index (χ1) is 7.15. The minimum Gasteiger partial charge on any atom is -0.369 e. The van der Waals surface area contributed by atoms with Crippen LogP contribution < -0.4 is 5.73 Å². The first-order valence-corrected chi connectivity index (χ1v) is 5.00. The van der Waals surface area contributed by atoms with Crippen LogP contribution in [0.1, 0.15) is 22.4 Å². The van der Waals surface area contributed by atoms with Crippen LogP contribution in [-0.2, 0) is 6.42 Å². The van der Waals surface area contributed by atoms with Gasteiger partial charge in [-0.3, -0.25) is 0 Å². The summed E-state index contributed by atoms with van der Waals surface area (Å²) in [6, 6.07) is 6.47. The van der Waals surface area contributed by atoms with E-state index in [4.69, 9.17) is 5.73 Å². The number of aromatic nitrogens is 2. The fourth-order valence-corrected chi connectivity index (χ4v) is 1.72. The molecule has 78 valence electrons. The van der Waals surface area contributed by atoms with Crippen molar-refractivity contribution in [3.8, 4) is 0 Å². The van der Waals surface area contributed by atoms with Crippen molar-refractivity contribution >= 4 is 5.95 Å². The van der Waals surface area contributed by atoms with Gasteiger partial charge < -0.3 is 10.7 Å². The number of aryl methyl sites for hydroxylation is 2. The lowest BCUT2D eigenvalue weighted by Crippen LogP contribution is -1.93. The summed E-state index contributed by atoms with van der Waals surface area (Å²) in [5.74, 6) is 0.481. The molecule has 3 nitrogen and oxygen atoms in total. The first kappa shape index (κ1) is 9.77. The topological polar surface area (TPSA) is 54.7 Å². The van der Waals surface area contributed by atoms with E-state index in [1.165, 1.54) is 16.7 Å². The highest BCUT2D eigenvalue weighted by Crippen LogP contribution is 2.14. The van der Waals surface area contributed by atoms with E-state index in [0.29, 0.717) is 5.95 Å². The molecule has 0 saturated heterocycles. The molecular weight excluding hydrogens is 186 g/mol. The summed E-state index contributed by atoms with van der Waals surface area (Å²) < 4.78 is 0. The Kier molecular flexibility index (Phi) is 2.46. The highest BCUT2D eigenvalue weighted by Gasteiger charge is 2.02. The van der Waals surface area contributed by atoms with Gasteiger partial charge in [0.25, 0.3) is 0 Å². The molecule has 0 bridgehead atoms. The molecule has 0 aliphatic rings. The lowest BCUT2D eigenvalue weighted by Gasteiger charge is -2.05. The number of rotatable bonds is 2. The Bertz CT molecular complexity index is 471. The molecule has 0 fully saturated rings. The Morgan fingerprint density at radius 2 is 2.13 bits per heavy atom. The van der Waals surface area contributed by atoms with Gasteiger partial charge in [-0.05, 0) is 25.0 Å². The minimum atomic E-state index is 0.481. The van der Waals surface area contributed by atoms with Crippen LogP contribution >= 0.6 is 0 Å². The number of aromatic amines is 1. The molecule has 0 saturated carbocycles. The van der Waals surface area contributed by atoms with E-state index in [0.717, 1.165) is 12.1 Å². The second kappa shape index (κ2) is 3.77. The maximum atomic E-state index is 5.53. The van der Waals surface area contributed by atoms with Gasteiger partial charge in [-0.1, -0.05) is 23.8 Å². The molecule has 0 unspecified atom stereocenters. The Hall–Kier alpha value is -1.77. The summed E-state index contributed by atoms with van der Waals surface area (Å²) in [6.45, 7) is 4.23. The number of hydrogen-bond acceptors (Lipinski definition) is 2. The van der Waals surface area contributed by atoms with Gasteiger partial charge in [0.1, 0.15) is 0 Å². The molecule has 1 heterocycles. The van der Waals surface area contributed by atoms with Gasteiger partial charge in [0.15, 0.2) is 5.95 Å². The molecule has 0 spiro atoms. The van der Waals surface area contributed by atoms with Crippen LogP contribution in [0.15, 0.2) is 24.4 Å². The van der Waals surface area contributed by atoms with Crippen molar-refractivity contribution in [1.29, 1.82) is 0 Å². The highest BCUT2D eigenvalue weighted by molar-refractivity contribution is 5.33. The second-order valence-electron chi connectivity index (χ2n) is 3.90. The van der Waals surface area contributed by atoms with Crippen LogP contribution in [0.4, 0.5) is 5.95 Å². The second-order valence-corrected chi connectivity index (χ2v) is 3.90. The monoisotopic (exact) mass is 201 g/mol. The summed E-state index contributed by atoms with van der Waals surface area (Å²) in [7, 11) is 0. The fourth-order valence-electron chi connectivity index (χ4n) is 1.72. The maximum Gasteiger partial charge on any atom is 0.197 e. The SMILES string of the molecule is Cc1ccc(Cc2cnc(N)[nH]2)c(C)c1. The summed E-state index contributed by atoms with van der Waals surface area (Å²) in [5, 5.41) is 0. The van der Waals surface area contributed by atoms with Gasteiger partial charge >= 0.3 is 0 Å². The molecule has 1 aromatic heterocycles. The lowest BCUT2D eigenvalue weighted by molar-refractivity contribution is 1.09. The zero-order valence-corrected chi connectivity index (χ0v) is 9.04. The average Bonchev–Trinajstić information content (AvgIpc) is 2.56. The van der Waals surface area contributed by atoms with Gasteiger partial charge in [-0.25, -0.2) is 4.98 Å². The normalized spacial score (nSPS) is 10.5. The Balaban J connectivity index is 2.24. The van der Waals surface area contributed by atoms with Crippen LogP contribution in [0.3, 0.4) is 0 Å². The van der Waals surface area contributed by atoms with Crippen molar-refractivity contribution in [2.75, 3.05) is 5.73 Å². The summed E-state index contributed by atoms with van der Waals surface area (Å²) >= 11 is 0. The van der Waals surface area contributed by atoms with Crippen LogP contribution in [0.25, 0.3) is 0 Å². The molecule has 0 amide bonds. The predicted molar refractivity (Wildman–Crippen MR) is 61.7 cm³/mol. The van der Waals surface area contributed by atoms with Gasteiger partial charge in [-0.2, -0.15) is 0 Å². The number of anilines is 1. The highest BCUT2D eigenvalue weighted by atomic mass is 15.0. The van der Waals surface area contributed by atoms with Crippen molar-refractivity contribution < 1.29 is 0 Å². The molecule has 3 N–H and O–H groups in total.